The number of alkyl halides is 3. The van der Waals surface area contributed by atoms with Gasteiger partial charge in [0.25, 0.3) is 0 Å². The van der Waals surface area contributed by atoms with Crippen molar-refractivity contribution in [2.45, 2.75) is 155 Å². The molecule has 536 valence electrons. The van der Waals surface area contributed by atoms with E-state index < -0.39 is 98.7 Å². The molecule has 1 aliphatic carbocycles. The molecular formula is C85H98F3O7Pd2SSi2-. The van der Waals surface area contributed by atoms with E-state index in [1.54, 1.807) is 164 Å². The van der Waals surface area contributed by atoms with Gasteiger partial charge < -0.3 is 18.8 Å². The molecule has 15 heteroatoms. The van der Waals surface area contributed by atoms with Crippen LogP contribution >= 0.6 is 11.8 Å². The topological polar surface area (TPSA) is 110 Å². The fourth-order valence-corrected chi connectivity index (χ4v) is 15.8. The number of carbonyl (C=O) groups is 4. The van der Waals surface area contributed by atoms with Gasteiger partial charge in [0.15, 0.2) is 34.0 Å². The second-order valence-corrected chi connectivity index (χ2v) is 39.3. The first-order chi connectivity index (χ1) is 46.4. The van der Waals surface area contributed by atoms with E-state index in [9.17, 15) is 0 Å². The van der Waals surface area contributed by atoms with Crippen molar-refractivity contribution < 1.29 is 87.2 Å². The smallest absolute Gasteiger partial charge is 0.413 e. The van der Waals surface area contributed by atoms with Gasteiger partial charge in [0.2, 0.25) is 0 Å². The summed E-state index contributed by atoms with van der Waals surface area (Å²) in [7, 11) is -5.18. The number of thioether (sulfide) groups is 1. The molecule has 5 atom stereocenters. The number of unbranched alkanes of at least 4 members (excludes halogenated alkanes) is 1. The third-order valence-corrected chi connectivity index (χ3v) is 29.6. The molecule has 0 saturated carbocycles. The van der Waals surface area contributed by atoms with E-state index >= 15 is 37.5 Å². The normalized spacial score (nSPS) is 16.9. The zero-order chi connectivity index (χ0) is 71.3. The van der Waals surface area contributed by atoms with Gasteiger partial charge in [0.1, 0.15) is 0 Å². The van der Waals surface area contributed by atoms with Crippen molar-refractivity contribution >= 4 is 88.2 Å². The number of carboxylic acid groups (broad SMARTS) is 1. The summed E-state index contributed by atoms with van der Waals surface area (Å²) in [5.41, 5.74) is -1.30. The summed E-state index contributed by atoms with van der Waals surface area (Å²) in [6.07, 6.45) is 14.0. The van der Waals surface area contributed by atoms with E-state index in [1.807, 2.05) is 54.6 Å². The largest absolute Gasteiger partial charge is 0.549 e. The summed E-state index contributed by atoms with van der Waals surface area (Å²) >= 11 is 1.04. The number of ketones is 3. The van der Waals surface area contributed by atoms with Crippen LogP contribution in [0.2, 0.25) is 36.3 Å². The molecule has 0 amide bonds. The van der Waals surface area contributed by atoms with Crippen LogP contribution in [0.5, 0.6) is 0 Å². The maximum absolute atomic E-state index is 16.2. The molecule has 6 aromatic carbocycles. The second kappa shape index (κ2) is 38.7. The molecule has 0 aliphatic heterocycles. The average molecular weight is 1590 g/mol. The Hall–Kier alpha value is -6.46. The van der Waals surface area contributed by atoms with Gasteiger partial charge in [-0.25, -0.2) is 0 Å². The van der Waals surface area contributed by atoms with Crippen LogP contribution in [0.4, 0.5) is 13.2 Å². The minimum absolute atomic E-state index is 0. The molecule has 0 saturated heterocycles. The van der Waals surface area contributed by atoms with Gasteiger partial charge in [-0.2, -0.15) is 13.2 Å². The molecular weight excluding hydrogens is 1490 g/mol. The van der Waals surface area contributed by atoms with Gasteiger partial charge in [0, 0.05) is 86.3 Å². The fraction of sp³-hybridized carbons (Fsp3) is 0.341. The van der Waals surface area contributed by atoms with Crippen molar-refractivity contribution in [1.29, 1.82) is 0 Å². The summed E-state index contributed by atoms with van der Waals surface area (Å²) in [6, 6.07) is 53.3. The molecule has 1 aliphatic rings. The van der Waals surface area contributed by atoms with Crippen LogP contribution in [-0.4, -0.2) is 64.1 Å². The Morgan fingerprint density at radius 2 is 0.950 bits per heavy atom. The Kier molecular flexibility index (Phi) is 32.6. The maximum atomic E-state index is 16.2. The van der Waals surface area contributed by atoms with Gasteiger partial charge in [0.05, 0.1) is 23.6 Å². The number of carbonyl (C=O) groups excluding carboxylic acids is 4. The number of rotatable bonds is 33. The standard InChI is InChI=1S/C85H99F3O7SSi2.2Pd/c1-13-14-34-62(2)57-69(94-97(9,10)82(3,4)5)51-52-70-79(95-98(11,12)83(6,7)8)61-75(85(86,87)88)80(70)96-56-33-47-72(71(58-66-41-27-18-28-42-66)76(89)53-48-63-35-21-15-22-36-63)84(81(92)93,73(59-67-43-29-19-30-44-67)77(90)54-49-64-37-23-16-24-38-64)74(60-68-45-31-20-32-46-68)78(91)55-50-65-39-25-17-26-40-65;;/h15-32,35-46,48-55,58-60,62,69-70,72,79H,13-14,33-34,47,56-57,61H2,1-12H3,(H,92,93);;/p-1/b52-51+,53-48?,54-49?,55-50?,71-58?,73-59?,74-60?;;/t62-,69-,70+,72?,79-,84?;;/m1../s1. The van der Waals surface area contributed by atoms with Gasteiger partial charge >= 0.3 is 6.18 Å². The van der Waals surface area contributed by atoms with Crippen LogP contribution in [0, 0.1) is 23.2 Å². The number of carboxylic acids is 1. The summed E-state index contributed by atoms with van der Waals surface area (Å²) in [5, 5.41) is 15.5. The SMILES string of the molecule is CCCC[C@@H](C)C[C@@H](/C=C/[C@@H]1C(SCCCC(C(=Cc2ccccc2)C(=O)C=Cc2ccccc2)C(C(=O)[O-])(C(=Cc2ccccc2)C(=O)C=Cc2ccccc2)C(=Cc2ccccc2)C(=O)C=Cc2ccccc2)=C(C(F)(F)F)C[C@H]1O[Si](C)(C)C(C)(C)C)O[Si](C)(C)C(C)(C)C.[Pd].[Pd]. The van der Waals surface area contributed by atoms with Gasteiger partial charge in [-0.05, 0) is 137 Å². The molecule has 0 N–H and O–H groups in total. The van der Waals surface area contributed by atoms with Crippen LogP contribution < -0.4 is 5.11 Å². The number of halogens is 3. The number of aliphatic carboxylic acids is 1. The first kappa shape index (κ1) is 84.2. The predicted octanol–water partition coefficient (Wildman–Crippen LogP) is 21.3. The van der Waals surface area contributed by atoms with Crippen molar-refractivity contribution in [3.05, 3.63) is 273 Å². The van der Waals surface area contributed by atoms with Gasteiger partial charge in [-0.1, -0.05) is 287 Å². The van der Waals surface area contributed by atoms with E-state index in [0.29, 0.717) is 39.8 Å². The molecule has 7 rings (SSSR count). The second-order valence-electron chi connectivity index (χ2n) is 28.7. The third kappa shape index (κ3) is 23.5. The Morgan fingerprint density at radius 3 is 1.33 bits per heavy atom. The molecule has 0 aromatic heterocycles. The van der Waals surface area contributed by atoms with Crippen molar-refractivity contribution in [1.82, 2.24) is 0 Å². The third-order valence-electron chi connectivity index (χ3n) is 19.3. The molecule has 0 radical (unpaired) electrons. The summed E-state index contributed by atoms with van der Waals surface area (Å²) in [6.45, 7) is 25.6. The Bertz CT molecular complexity index is 3760. The minimum Gasteiger partial charge on any atom is -0.549 e. The first-order valence-electron chi connectivity index (χ1n) is 34.3. The van der Waals surface area contributed by atoms with E-state index in [2.05, 4.69) is 81.6 Å². The van der Waals surface area contributed by atoms with Gasteiger partial charge in [-0.3, -0.25) is 14.4 Å². The molecule has 0 fully saturated rings. The average Bonchev–Trinajstić information content (AvgIpc) is 0.873. The van der Waals surface area contributed by atoms with Crippen molar-refractivity contribution in [3.63, 3.8) is 0 Å². The number of hydrogen-bond acceptors (Lipinski definition) is 8. The summed E-state index contributed by atoms with van der Waals surface area (Å²) in [4.78, 5) is 64.4. The maximum Gasteiger partial charge on any atom is 0.413 e. The first-order valence-corrected chi connectivity index (χ1v) is 41.1. The van der Waals surface area contributed by atoms with Crippen molar-refractivity contribution in [2.75, 3.05) is 5.75 Å². The zero-order valence-corrected chi connectivity index (χ0v) is 65.7. The summed E-state index contributed by atoms with van der Waals surface area (Å²) in [5.74, 6) is -6.43. The molecule has 0 bridgehead atoms. The Labute approximate surface area is 627 Å². The monoisotopic (exact) mass is 1590 g/mol. The molecule has 6 aromatic rings. The van der Waals surface area contributed by atoms with E-state index in [-0.39, 0.29) is 85.9 Å². The molecule has 0 spiro atoms. The summed E-state index contributed by atoms with van der Waals surface area (Å²) < 4.78 is 62.9. The zero-order valence-electron chi connectivity index (χ0n) is 59.7. The van der Waals surface area contributed by atoms with E-state index in [4.69, 9.17) is 8.85 Å². The van der Waals surface area contributed by atoms with Crippen molar-refractivity contribution in [3.8, 4) is 0 Å². The van der Waals surface area contributed by atoms with Crippen LogP contribution in [-0.2, 0) is 68.9 Å². The molecule has 100 heavy (non-hydrogen) atoms. The quantitative estimate of drug-likeness (QED) is 0.0173. The molecule has 1 unspecified atom stereocenters. The predicted molar refractivity (Wildman–Crippen MR) is 405 cm³/mol. The Morgan fingerprint density at radius 1 is 0.560 bits per heavy atom. The van der Waals surface area contributed by atoms with Gasteiger partial charge in [-0.15, -0.1) is 11.8 Å². The minimum atomic E-state index is -4.77. The van der Waals surface area contributed by atoms with Crippen molar-refractivity contribution in [2.24, 2.45) is 23.2 Å². The molecule has 0 heterocycles. The Balaban J connectivity index is 0.00000901. The number of allylic oxidation sites excluding steroid dienone is 4. The van der Waals surface area contributed by atoms with Crippen LogP contribution in [0.25, 0.3) is 36.5 Å². The van der Waals surface area contributed by atoms with E-state index in [1.165, 1.54) is 30.4 Å². The van der Waals surface area contributed by atoms with E-state index in [0.717, 1.165) is 31.0 Å². The number of benzene rings is 6. The fourth-order valence-electron chi connectivity index (χ4n) is 11.9. The number of hydrogen-bond donors (Lipinski definition) is 0. The van der Waals surface area contributed by atoms with Crippen LogP contribution in [0.3, 0.4) is 0 Å². The van der Waals surface area contributed by atoms with Crippen LogP contribution in [0.1, 0.15) is 134 Å². The molecule has 7 nitrogen and oxygen atoms in total. The van der Waals surface area contributed by atoms with Crippen LogP contribution in [0.15, 0.2) is 240 Å².